The average molecular weight is 498 g/mol. The molecule has 2 N–H and O–H groups in total. The monoisotopic (exact) mass is 497 g/mol. The summed E-state index contributed by atoms with van der Waals surface area (Å²) < 4.78 is 0. The van der Waals surface area contributed by atoms with Crippen molar-refractivity contribution in [3.8, 4) is 0 Å². The third-order valence-electron chi connectivity index (χ3n) is 7.68. The first-order chi connectivity index (χ1) is 16.9. The molecule has 0 aliphatic carbocycles. The summed E-state index contributed by atoms with van der Waals surface area (Å²) >= 11 is 6.48. The lowest BCUT2D eigenvalue weighted by molar-refractivity contribution is 0.1000. The number of pyridine rings is 2. The zero-order chi connectivity index (χ0) is 24.5. The number of hydrogen-bond acceptors (Lipinski definition) is 7. The number of amides is 1. The Hall–Kier alpha value is -2.74. The van der Waals surface area contributed by atoms with Crippen LogP contribution in [0.4, 0.5) is 23.1 Å². The molecule has 3 aliphatic heterocycles. The minimum absolute atomic E-state index is 0.262. The van der Waals surface area contributed by atoms with Gasteiger partial charge in [0.2, 0.25) is 5.91 Å². The van der Waals surface area contributed by atoms with Gasteiger partial charge in [0.1, 0.15) is 17.5 Å². The van der Waals surface area contributed by atoms with Gasteiger partial charge in [-0.25, -0.2) is 9.97 Å². The maximum Gasteiger partial charge on any atom is 0.250 e. The lowest BCUT2D eigenvalue weighted by Gasteiger charge is -2.42. The van der Waals surface area contributed by atoms with Crippen molar-refractivity contribution in [1.29, 1.82) is 0 Å². The summed E-state index contributed by atoms with van der Waals surface area (Å²) in [5.74, 6) is 2.40. The minimum atomic E-state index is -0.519. The predicted molar refractivity (Wildman–Crippen MR) is 143 cm³/mol. The Labute approximate surface area is 213 Å². The molecule has 1 unspecified atom stereocenters. The summed E-state index contributed by atoms with van der Waals surface area (Å²) in [4.78, 5) is 30.7. The van der Waals surface area contributed by atoms with Crippen molar-refractivity contribution in [1.82, 2.24) is 9.97 Å². The zero-order valence-corrected chi connectivity index (χ0v) is 21.5. The van der Waals surface area contributed by atoms with Gasteiger partial charge < -0.3 is 25.3 Å². The third kappa shape index (κ3) is 4.99. The molecule has 3 fully saturated rings. The van der Waals surface area contributed by atoms with Crippen LogP contribution in [0.2, 0.25) is 5.02 Å². The molecule has 2 atom stereocenters. The fourth-order valence-electron chi connectivity index (χ4n) is 5.69. The number of rotatable bonds is 5. The number of halogens is 1. The lowest BCUT2D eigenvalue weighted by Crippen LogP contribution is -2.52. The van der Waals surface area contributed by atoms with Crippen LogP contribution in [-0.4, -0.2) is 67.2 Å². The van der Waals surface area contributed by atoms with Crippen LogP contribution in [0.5, 0.6) is 0 Å². The summed E-state index contributed by atoms with van der Waals surface area (Å²) in [5.41, 5.74) is 6.95. The van der Waals surface area contributed by atoms with E-state index in [1.807, 2.05) is 0 Å². The molecule has 1 amide bonds. The van der Waals surface area contributed by atoms with E-state index in [1.165, 1.54) is 44.0 Å². The van der Waals surface area contributed by atoms with E-state index >= 15 is 0 Å². The average Bonchev–Trinajstić information content (AvgIpc) is 3.30. The van der Waals surface area contributed by atoms with Crippen LogP contribution in [0.15, 0.2) is 24.4 Å². The molecule has 0 radical (unpaired) electrons. The molecule has 0 aromatic carbocycles. The molecule has 9 heteroatoms. The van der Waals surface area contributed by atoms with Gasteiger partial charge in [0.05, 0.1) is 10.6 Å². The van der Waals surface area contributed by atoms with Gasteiger partial charge in [-0.3, -0.25) is 4.79 Å². The number of primary amides is 1. The first-order valence-electron chi connectivity index (χ1n) is 12.9. The van der Waals surface area contributed by atoms with E-state index in [9.17, 15) is 4.79 Å². The normalized spacial score (nSPS) is 23.2. The van der Waals surface area contributed by atoms with E-state index in [4.69, 9.17) is 22.3 Å². The second-order valence-corrected chi connectivity index (χ2v) is 10.6. The second-order valence-electron chi connectivity index (χ2n) is 10.2. The van der Waals surface area contributed by atoms with E-state index in [0.717, 1.165) is 50.9 Å². The Bertz CT molecular complexity index is 1070. The molecule has 8 nitrogen and oxygen atoms in total. The molecule has 5 heterocycles. The standard InChI is InChI=1S/C26H36ClN7O/c1-18-7-6-10-34(18)24-15-21(14-23(30-24)31-8-4-3-5-9-31)33-12-11-32(17-19(33)2)26-22(27)13-20(16-29-26)25(28)35/h13-16,18-19H,3-12,17H2,1-2H3,(H2,28,35)/t18-,19?/m1/s1. The Morgan fingerprint density at radius 2 is 1.69 bits per heavy atom. The van der Waals surface area contributed by atoms with Crippen LogP contribution in [0.1, 0.15) is 56.3 Å². The van der Waals surface area contributed by atoms with Crippen LogP contribution in [0.25, 0.3) is 0 Å². The fraction of sp³-hybridized carbons (Fsp3) is 0.577. The van der Waals surface area contributed by atoms with Crippen molar-refractivity contribution in [2.45, 2.75) is 58.0 Å². The highest BCUT2D eigenvalue weighted by molar-refractivity contribution is 6.33. The number of carbonyl (C=O) groups is 1. The van der Waals surface area contributed by atoms with Gasteiger partial charge in [-0.2, -0.15) is 0 Å². The van der Waals surface area contributed by atoms with Crippen LogP contribution < -0.4 is 25.3 Å². The maximum absolute atomic E-state index is 11.5. The van der Waals surface area contributed by atoms with Crippen molar-refractivity contribution in [2.75, 3.05) is 58.9 Å². The van der Waals surface area contributed by atoms with Crippen LogP contribution in [-0.2, 0) is 0 Å². The topological polar surface area (TPSA) is 81.8 Å². The molecule has 3 saturated heterocycles. The van der Waals surface area contributed by atoms with Crippen molar-refractivity contribution in [3.05, 3.63) is 35.0 Å². The maximum atomic E-state index is 11.5. The number of carbonyl (C=O) groups excluding carboxylic acids is 1. The predicted octanol–water partition coefficient (Wildman–Crippen LogP) is 3.92. The molecule has 188 valence electrons. The Morgan fingerprint density at radius 3 is 2.34 bits per heavy atom. The highest BCUT2D eigenvalue weighted by atomic mass is 35.5. The number of aromatic nitrogens is 2. The number of piperazine rings is 1. The van der Waals surface area contributed by atoms with Gasteiger partial charge in [0.15, 0.2) is 0 Å². The second kappa shape index (κ2) is 10.1. The highest BCUT2D eigenvalue weighted by Crippen LogP contribution is 2.34. The van der Waals surface area contributed by atoms with Gasteiger partial charge in [-0.1, -0.05) is 11.6 Å². The van der Waals surface area contributed by atoms with E-state index < -0.39 is 5.91 Å². The molecule has 0 bridgehead atoms. The number of piperidine rings is 1. The van der Waals surface area contributed by atoms with Crippen molar-refractivity contribution in [2.24, 2.45) is 5.73 Å². The molecule has 35 heavy (non-hydrogen) atoms. The number of anilines is 4. The van der Waals surface area contributed by atoms with Crippen LogP contribution in [0, 0.1) is 0 Å². The van der Waals surface area contributed by atoms with E-state index in [-0.39, 0.29) is 6.04 Å². The third-order valence-corrected chi connectivity index (χ3v) is 7.95. The molecule has 0 spiro atoms. The Morgan fingerprint density at radius 1 is 0.914 bits per heavy atom. The minimum Gasteiger partial charge on any atom is -0.366 e. The highest BCUT2D eigenvalue weighted by Gasteiger charge is 2.29. The SMILES string of the molecule is CC1CN(c2ncc(C(N)=O)cc2Cl)CCN1c1cc(N2CCCCC2)nc(N2CCC[C@H]2C)c1. The molecule has 2 aromatic rings. The summed E-state index contributed by atoms with van der Waals surface area (Å²) in [6, 6.07) is 6.97. The number of nitrogens with two attached hydrogens (primary N) is 1. The number of nitrogens with zero attached hydrogens (tertiary/aromatic N) is 6. The van der Waals surface area contributed by atoms with E-state index in [1.54, 1.807) is 6.07 Å². The first-order valence-corrected chi connectivity index (χ1v) is 13.3. The fourth-order valence-corrected chi connectivity index (χ4v) is 5.98. The summed E-state index contributed by atoms with van der Waals surface area (Å²) in [7, 11) is 0. The zero-order valence-electron chi connectivity index (χ0n) is 20.8. The van der Waals surface area contributed by atoms with Crippen molar-refractivity contribution < 1.29 is 4.79 Å². The molecule has 2 aromatic heterocycles. The van der Waals surface area contributed by atoms with Gasteiger partial charge in [0, 0.05) is 75.4 Å². The van der Waals surface area contributed by atoms with Crippen LogP contribution in [0.3, 0.4) is 0 Å². The molecule has 0 saturated carbocycles. The Kier molecular flexibility index (Phi) is 6.91. The number of hydrogen-bond donors (Lipinski definition) is 1. The molecular formula is C26H36ClN7O. The first kappa shape index (κ1) is 24.0. The van der Waals surface area contributed by atoms with Crippen molar-refractivity contribution in [3.63, 3.8) is 0 Å². The van der Waals surface area contributed by atoms with E-state index in [0.29, 0.717) is 22.4 Å². The molecule has 5 rings (SSSR count). The Balaban J connectivity index is 1.40. The van der Waals surface area contributed by atoms with E-state index in [2.05, 4.69) is 50.6 Å². The smallest absolute Gasteiger partial charge is 0.250 e. The van der Waals surface area contributed by atoms with Gasteiger partial charge in [-0.15, -0.1) is 0 Å². The van der Waals surface area contributed by atoms with Gasteiger partial charge in [-0.05, 0) is 52.0 Å². The van der Waals surface area contributed by atoms with Crippen molar-refractivity contribution >= 4 is 40.6 Å². The molecular weight excluding hydrogens is 462 g/mol. The summed E-state index contributed by atoms with van der Waals surface area (Å²) in [6.07, 6.45) is 7.74. The summed E-state index contributed by atoms with van der Waals surface area (Å²) in [5, 5.41) is 0.462. The van der Waals surface area contributed by atoms with Crippen LogP contribution >= 0.6 is 11.6 Å². The quantitative estimate of drug-likeness (QED) is 0.670. The molecule has 3 aliphatic rings. The lowest BCUT2D eigenvalue weighted by atomic mass is 10.1. The van der Waals surface area contributed by atoms with Gasteiger partial charge in [0.25, 0.3) is 0 Å². The summed E-state index contributed by atoms with van der Waals surface area (Å²) in [6.45, 7) is 10.2. The largest absolute Gasteiger partial charge is 0.366 e. The van der Waals surface area contributed by atoms with Gasteiger partial charge >= 0.3 is 0 Å².